The summed E-state index contributed by atoms with van der Waals surface area (Å²) >= 11 is 3.38. The maximum atomic E-state index is 12.7. The number of phenolic OH excluding ortho intramolecular Hbond substituents is 1. The highest BCUT2D eigenvalue weighted by Crippen LogP contribution is 2.37. The van der Waals surface area contributed by atoms with Gasteiger partial charge in [0.25, 0.3) is 0 Å². The Morgan fingerprint density at radius 3 is 3.00 bits per heavy atom. The van der Waals surface area contributed by atoms with Gasteiger partial charge in [0, 0.05) is 35.1 Å². The topological polar surface area (TPSA) is 80.7 Å². The molecule has 0 spiro atoms. The van der Waals surface area contributed by atoms with Crippen LogP contribution in [-0.4, -0.2) is 29.7 Å². The van der Waals surface area contributed by atoms with Crippen molar-refractivity contribution in [2.24, 2.45) is 5.92 Å². The summed E-state index contributed by atoms with van der Waals surface area (Å²) in [4.78, 5) is 16.8. The van der Waals surface area contributed by atoms with Crippen LogP contribution in [-0.2, 0) is 9.53 Å². The van der Waals surface area contributed by atoms with Gasteiger partial charge in [0.05, 0.1) is 24.8 Å². The molecule has 1 amide bonds. The van der Waals surface area contributed by atoms with Gasteiger partial charge in [-0.1, -0.05) is 0 Å². The first-order valence-corrected chi connectivity index (χ1v) is 8.27. The predicted molar refractivity (Wildman–Crippen MR) is 92.0 cm³/mol. The van der Waals surface area contributed by atoms with Gasteiger partial charge < -0.3 is 19.9 Å². The van der Waals surface area contributed by atoms with Crippen molar-refractivity contribution < 1.29 is 19.4 Å². The van der Waals surface area contributed by atoms with E-state index in [-0.39, 0.29) is 23.7 Å². The number of rotatable bonds is 4. The number of amides is 1. The molecular weight excluding hydrogens is 376 g/mol. The number of methoxy groups -OCH3 is 1. The van der Waals surface area contributed by atoms with E-state index in [0.29, 0.717) is 24.5 Å². The lowest BCUT2D eigenvalue weighted by molar-refractivity contribution is -0.121. The number of carbonyl (C=O) groups excluding carboxylic acids is 1. The van der Waals surface area contributed by atoms with Crippen molar-refractivity contribution in [3.63, 3.8) is 0 Å². The van der Waals surface area contributed by atoms with Gasteiger partial charge >= 0.3 is 0 Å². The molecule has 1 aromatic carbocycles. The predicted octanol–water partition coefficient (Wildman–Crippen LogP) is 3.27. The Morgan fingerprint density at radius 1 is 1.42 bits per heavy atom. The van der Waals surface area contributed by atoms with E-state index in [1.165, 1.54) is 13.2 Å². The highest BCUT2D eigenvalue weighted by atomic mass is 79.9. The smallest absolute Gasteiger partial charge is 0.230 e. The van der Waals surface area contributed by atoms with E-state index < -0.39 is 0 Å². The van der Waals surface area contributed by atoms with Crippen molar-refractivity contribution in [3.8, 4) is 11.5 Å². The second kappa shape index (κ2) is 7.19. The molecule has 3 rings (SSSR count). The Labute approximate surface area is 147 Å². The van der Waals surface area contributed by atoms with E-state index in [4.69, 9.17) is 9.47 Å². The van der Waals surface area contributed by atoms with Gasteiger partial charge in [0.1, 0.15) is 11.5 Å². The summed E-state index contributed by atoms with van der Waals surface area (Å²) in [5.74, 6) is -0.0185. The second-order valence-electron chi connectivity index (χ2n) is 5.50. The highest BCUT2D eigenvalue weighted by Gasteiger charge is 2.35. The average molecular weight is 393 g/mol. The molecule has 1 fully saturated rings. The van der Waals surface area contributed by atoms with Crippen molar-refractivity contribution in [2.75, 3.05) is 19.0 Å². The minimum atomic E-state index is -0.359. The van der Waals surface area contributed by atoms with Gasteiger partial charge in [0.2, 0.25) is 5.91 Å². The van der Waals surface area contributed by atoms with Gasteiger partial charge in [0.15, 0.2) is 0 Å². The summed E-state index contributed by atoms with van der Waals surface area (Å²) in [7, 11) is 1.53. The lowest BCUT2D eigenvalue weighted by Gasteiger charge is -2.19. The third kappa shape index (κ3) is 3.52. The van der Waals surface area contributed by atoms with E-state index in [1.807, 2.05) is 6.07 Å². The SMILES string of the molecule is COc1ccc(O)c(NC(=O)[C@@H]2CCO[C@H]2c2cncc(Br)c2)c1. The van der Waals surface area contributed by atoms with Crippen molar-refractivity contribution in [1.29, 1.82) is 0 Å². The van der Waals surface area contributed by atoms with Gasteiger partial charge in [-0.3, -0.25) is 9.78 Å². The summed E-state index contributed by atoms with van der Waals surface area (Å²) in [6.45, 7) is 0.499. The zero-order chi connectivity index (χ0) is 17.1. The second-order valence-corrected chi connectivity index (χ2v) is 6.41. The van der Waals surface area contributed by atoms with Gasteiger partial charge in [-0.05, 0) is 40.5 Å². The molecule has 24 heavy (non-hydrogen) atoms. The van der Waals surface area contributed by atoms with Crippen molar-refractivity contribution in [3.05, 3.63) is 46.7 Å². The summed E-state index contributed by atoms with van der Waals surface area (Å²) in [5, 5.41) is 12.7. The van der Waals surface area contributed by atoms with E-state index in [9.17, 15) is 9.90 Å². The number of carbonyl (C=O) groups is 1. The molecule has 126 valence electrons. The van der Waals surface area contributed by atoms with Crippen LogP contribution in [0.4, 0.5) is 5.69 Å². The highest BCUT2D eigenvalue weighted by molar-refractivity contribution is 9.10. The third-order valence-corrected chi connectivity index (χ3v) is 4.38. The summed E-state index contributed by atoms with van der Waals surface area (Å²) in [6.07, 6.45) is 3.63. The maximum absolute atomic E-state index is 12.7. The molecule has 2 atom stereocenters. The van der Waals surface area contributed by atoms with Crippen LogP contribution in [0.1, 0.15) is 18.1 Å². The Hall–Kier alpha value is -2.12. The Bertz CT molecular complexity index is 753. The molecule has 1 aliphatic heterocycles. The van der Waals surface area contributed by atoms with Crippen molar-refractivity contribution in [1.82, 2.24) is 4.98 Å². The van der Waals surface area contributed by atoms with Crippen molar-refractivity contribution >= 4 is 27.5 Å². The molecule has 1 aromatic heterocycles. The number of phenols is 1. The molecule has 7 heteroatoms. The maximum Gasteiger partial charge on any atom is 0.230 e. The average Bonchev–Trinajstić information content (AvgIpc) is 3.06. The molecule has 2 aromatic rings. The number of nitrogens with one attached hydrogen (secondary N) is 1. The Balaban J connectivity index is 1.79. The van der Waals surface area contributed by atoms with E-state index >= 15 is 0 Å². The number of pyridine rings is 1. The van der Waals surface area contributed by atoms with Crippen molar-refractivity contribution in [2.45, 2.75) is 12.5 Å². The van der Waals surface area contributed by atoms with Crippen LogP contribution in [0.15, 0.2) is 41.1 Å². The van der Waals surface area contributed by atoms with Gasteiger partial charge in [-0.2, -0.15) is 0 Å². The molecule has 1 saturated heterocycles. The fourth-order valence-corrected chi connectivity index (χ4v) is 3.12. The lowest BCUT2D eigenvalue weighted by atomic mass is 9.95. The number of anilines is 1. The summed E-state index contributed by atoms with van der Waals surface area (Å²) in [5.41, 5.74) is 1.16. The van der Waals surface area contributed by atoms with Crippen LogP contribution in [0.5, 0.6) is 11.5 Å². The number of aromatic nitrogens is 1. The number of benzene rings is 1. The molecule has 0 radical (unpaired) electrons. The first kappa shape index (κ1) is 16.7. The fraction of sp³-hybridized carbons (Fsp3) is 0.294. The minimum absolute atomic E-state index is 0.0104. The normalized spacial score (nSPS) is 19.9. The number of aromatic hydroxyl groups is 1. The van der Waals surface area contributed by atoms with Crippen LogP contribution in [0.3, 0.4) is 0 Å². The molecule has 0 aliphatic carbocycles. The molecule has 6 nitrogen and oxygen atoms in total. The number of halogens is 1. The van der Waals surface area contributed by atoms with Crippen LogP contribution in [0.25, 0.3) is 0 Å². The first-order chi connectivity index (χ1) is 11.6. The van der Waals surface area contributed by atoms with E-state index in [2.05, 4.69) is 26.2 Å². The largest absolute Gasteiger partial charge is 0.506 e. The summed E-state index contributed by atoms with van der Waals surface area (Å²) < 4.78 is 11.7. The molecule has 0 bridgehead atoms. The van der Waals surface area contributed by atoms with Crippen LogP contribution in [0.2, 0.25) is 0 Å². The van der Waals surface area contributed by atoms with E-state index in [1.54, 1.807) is 24.5 Å². The number of ether oxygens (including phenoxy) is 2. The Morgan fingerprint density at radius 2 is 2.25 bits per heavy atom. The third-order valence-electron chi connectivity index (χ3n) is 3.94. The molecule has 0 unspecified atom stereocenters. The standard InChI is InChI=1S/C17H17BrN2O4/c1-23-12-2-3-15(21)14(7-12)20-17(22)13-4-5-24-16(13)10-6-11(18)9-19-8-10/h2-3,6-9,13,16,21H,4-5H2,1H3,(H,20,22)/t13-,16+/m1/s1. The first-order valence-electron chi connectivity index (χ1n) is 7.48. The van der Waals surface area contributed by atoms with Crippen LogP contribution in [0, 0.1) is 5.92 Å². The van der Waals surface area contributed by atoms with Crippen LogP contribution < -0.4 is 10.1 Å². The van der Waals surface area contributed by atoms with Crippen LogP contribution >= 0.6 is 15.9 Å². The zero-order valence-corrected chi connectivity index (χ0v) is 14.6. The molecule has 2 N–H and O–H groups in total. The lowest BCUT2D eigenvalue weighted by Crippen LogP contribution is -2.25. The van der Waals surface area contributed by atoms with E-state index in [0.717, 1.165) is 10.0 Å². The molecular formula is C17H17BrN2O4. The number of hydrogen-bond donors (Lipinski definition) is 2. The molecule has 1 aliphatic rings. The quantitative estimate of drug-likeness (QED) is 0.780. The molecule has 0 saturated carbocycles. The summed E-state index contributed by atoms with van der Waals surface area (Å²) in [6, 6.07) is 6.58. The fourth-order valence-electron chi connectivity index (χ4n) is 2.74. The van der Waals surface area contributed by atoms with Gasteiger partial charge in [-0.15, -0.1) is 0 Å². The zero-order valence-electron chi connectivity index (χ0n) is 13.0. The molecule has 2 heterocycles. The number of nitrogens with zero attached hydrogens (tertiary/aromatic N) is 1. The van der Waals surface area contributed by atoms with Gasteiger partial charge in [-0.25, -0.2) is 0 Å². The minimum Gasteiger partial charge on any atom is -0.506 e. The Kier molecular flexibility index (Phi) is 5.01. The monoisotopic (exact) mass is 392 g/mol. The number of hydrogen-bond acceptors (Lipinski definition) is 5.